The van der Waals surface area contributed by atoms with E-state index in [2.05, 4.69) is 10.4 Å². The second-order valence-corrected chi connectivity index (χ2v) is 13.1. The Morgan fingerprint density at radius 3 is 2.55 bits per heavy atom. The lowest BCUT2D eigenvalue weighted by molar-refractivity contribution is -0.212. The third kappa shape index (κ3) is 6.88. The first-order valence-corrected chi connectivity index (χ1v) is 15.5. The smallest absolute Gasteiger partial charge is 0.323 e. The maximum atomic E-state index is 15.3. The van der Waals surface area contributed by atoms with E-state index in [0.29, 0.717) is 0 Å². The molecule has 2 aliphatic heterocycles. The summed E-state index contributed by atoms with van der Waals surface area (Å²) >= 11 is 5.60. The lowest BCUT2D eigenvalue weighted by Gasteiger charge is -2.36. The Hall–Kier alpha value is -2.78. The molecule has 0 aromatic heterocycles. The lowest BCUT2D eigenvalue weighted by atomic mass is 9.97. The van der Waals surface area contributed by atoms with Gasteiger partial charge in [-0.15, -0.1) is 0 Å². The number of rotatable bonds is 11. The minimum Gasteiger partial charge on any atom is -0.462 e. The second kappa shape index (κ2) is 12.8. The van der Waals surface area contributed by atoms with Crippen molar-refractivity contribution >= 4 is 41.1 Å². The van der Waals surface area contributed by atoms with Crippen molar-refractivity contribution in [3.8, 4) is 5.75 Å². The summed E-state index contributed by atoms with van der Waals surface area (Å²) in [6.45, 7) is -0.414. The molecule has 2 aliphatic rings. The van der Waals surface area contributed by atoms with E-state index < -0.39 is 74.2 Å². The van der Waals surface area contributed by atoms with Crippen molar-refractivity contribution in [2.24, 2.45) is 0 Å². The molecule has 0 aliphatic carbocycles. The molecule has 0 saturated carbocycles. The molecule has 0 bridgehead atoms. The van der Waals surface area contributed by atoms with Crippen molar-refractivity contribution in [1.29, 1.82) is 0 Å². The Morgan fingerprint density at radius 2 is 1.90 bits per heavy atom. The van der Waals surface area contributed by atoms with Crippen molar-refractivity contribution in [1.82, 2.24) is 15.3 Å². The van der Waals surface area contributed by atoms with Gasteiger partial charge in [0.1, 0.15) is 17.9 Å². The summed E-state index contributed by atoms with van der Waals surface area (Å²) in [5, 5.41) is 27.2. The van der Waals surface area contributed by atoms with Gasteiger partial charge in [0, 0.05) is 12.3 Å². The van der Waals surface area contributed by atoms with Gasteiger partial charge in [0.15, 0.2) is 18.0 Å². The van der Waals surface area contributed by atoms with E-state index in [1.807, 2.05) is 18.2 Å². The number of carbonyl (C=O) groups is 2. The maximum Gasteiger partial charge on any atom is 0.323 e. The Bertz CT molecular complexity index is 1390. The Morgan fingerprint density at radius 1 is 1.21 bits per heavy atom. The summed E-state index contributed by atoms with van der Waals surface area (Å²) < 4.78 is 66.6. The average Bonchev–Trinajstić information content (AvgIpc) is 3.17. The molecule has 4 rings (SSSR count). The molecule has 1 fully saturated rings. The number of hydrogen-bond donors (Lipinski definition) is 4. The molecule has 16 heteroatoms. The summed E-state index contributed by atoms with van der Waals surface area (Å²) in [4.78, 5) is 24.7. The fourth-order valence-electron chi connectivity index (χ4n) is 4.35. The Kier molecular flexibility index (Phi) is 9.82. The predicted molar refractivity (Wildman–Crippen MR) is 148 cm³/mol. The van der Waals surface area contributed by atoms with Crippen LogP contribution in [0.4, 0.5) is 13.2 Å². The van der Waals surface area contributed by atoms with Gasteiger partial charge in [-0.3, -0.25) is 9.59 Å². The monoisotopic (exact) mass is 633 g/mol. The molecule has 4 N–H and O–H groups in total. The van der Waals surface area contributed by atoms with Crippen LogP contribution in [0, 0.1) is 0 Å². The highest BCUT2D eigenvalue weighted by Gasteiger charge is 2.63. The number of aliphatic hydroxyl groups is 2. The summed E-state index contributed by atoms with van der Waals surface area (Å²) in [6, 6.07) is 11.1. The molecule has 2 aromatic carbocycles. The quantitative estimate of drug-likeness (QED) is 0.215. The van der Waals surface area contributed by atoms with Crippen molar-refractivity contribution in [2.75, 3.05) is 6.61 Å². The molecule has 42 heavy (non-hydrogen) atoms. The third-order valence-corrected chi connectivity index (χ3v) is 8.97. The van der Waals surface area contributed by atoms with Crippen molar-refractivity contribution in [3.63, 3.8) is 0 Å². The van der Waals surface area contributed by atoms with Crippen molar-refractivity contribution in [2.45, 2.75) is 69.8 Å². The first kappa shape index (κ1) is 32.1. The number of nitrogens with one attached hydrogen (secondary N) is 2. The van der Waals surface area contributed by atoms with Gasteiger partial charge in [-0.1, -0.05) is 30.3 Å². The first-order valence-electron chi connectivity index (χ1n) is 12.9. The minimum atomic E-state index is -3.92. The summed E-state index contributed by atoms with van der Waals surface area (Å²) in [6.07, 6.45) is -10.8. The van der Waals surface area contributed by atoms with Gasteiger partial charge in [-0.05, 0) is 55.5 Å². The molecule has 0 spiro atoms. The third-order valence-electron chi connectivity index (χ3n) is 6.49. The van der Waals surface area contributed by atoms with Gasteiger partial charge in [0.25, 0.3) is 6.43 Å². The topological polar surface area (TPSA) is 139 Å². The van der Waals surface area contributed by atoms with Gasteiger partial charge < -0.3 is 39.0 Å². The molecular weight excluding hydrogens is 602 g/mol. The molecule has 230 valence electrons. The minimum absolute atomic E-state index is 0.187. The highest BCUT2D eigenvalue weighted by Crippen LogP contribution is 2.49. The van der Waals surface area contributed by atoms with Crippen molar-refractivity contribution in [3.05, 3.63) is 54.7 Å². The first-order chi connectivity index (χ1) is 19.7. The van der Waals surface area contributed by atoms with Crippen LogP contribution in [0.5, 0.6) is 5.75 Å². The number of hydrogen-bond acceptors (Lipinski definition) is 10. The molecule has 7 unspecified atom stereocenters. The fourth-order valence-corrected chi connectivity index (χ4v) is 6.76. The van der Waals surface area contributed by atoms with Crippen LogP contribution in [0.3, 0.4) is 0 Å². The van der Waals surface area contributed by atoms with E-state index in [1.165, 1.54) is 6.92 Å². The highest BCUT2D eigenvalue weighted by atomic mass is 32.5. The Balaban J connectivity index is 1.62. The molecule has 2 heterocycles. The molecular formula is C26H31F3N3O8PS. The van der Waals surface area contributed by atoms with Crippen LogP contribution in [0.1, 0.15) is 20.8 Å². The number of fused-ring (bicyclic) bond motifs is 1. The number of carbonyl (C=O) groups excluding carboxylic acids is 2. The number of ether oxygens (including phenoxy) is 2. The predicted octanol–water partition coefficient (Wildman–Crippen LogP) is 2.67. The number of nitrogens with zero attached hydrogens (tertiary/aromatic N) is 1. The number of aliphatic hydroxyl groups excluding tert-OH is 2. The van der Waals surface area contributed by atoms with E-state index in [1.54, 1.807) is 38.1 Å². The number of esters is 1. The highest BCUT2D eigenvalue weighted by molar-refractivity contribution is 8.09. The number of alkyl halides is 3. The molecule has 11 nitrogen and oxygen atoms in total. The van der Waals surface area contributed by atoms with E-state index in [0.717, 1.165) is 27.9 Å². The SMILES string of the molecule is CC(C)OC(=O)C(C)NP(=S)(OCC1(C(F)F)OC(N2C=CC(=O)NC2O)C(F)C1O)Oc1ccc2ccccc2c1. The zero-order chi connectivity index (χ0) is 30.8. The van der Waals surface area contributed by atoms with Gasteiger partial charge in [-0.2, -0.15) is 0 Å². The van der Waals surface area contributed by atoms with E-state index in [4.69, 9.17) is 30.3 Å². The number of benzene rings is 2. The lowest BCUT2D eigenvalue weighted by Crippen LogP contribution is -2.55. The molecule has 7 atom stereocenters. The van der Waals surface area contributed by atoms with Crippen LogP contribution in [-0.4, -0.2) is 82.6 Å². The van der Waals surface area contributed by atoms with Gasteiger partial charge in [-0.25, -0.2) is 18.3 Å². The average molecular weight is 634 g/mol. The van der Waals surface area contributed by atoms with Gasteiger partial charge >= 0.3 is 12.6 Å². The van der Waals surface area contributed by atoms with Gasteiger partial charge in [0.2, 0.25) is 12.3 Å². The summed E-state index contributed by atoms with van der Waals surface area (Å²) in [5.41, 5.74) is -2.97. The standard InChI is InChI=1S/C26H31F3N3O8PS/c1-14(2)38-23(35)15(3)31-41(42,40-18-9-8-16-6-4-5-7-17(16)12-18)37-13-26(24(28)29)21(34)20(27)22(39-26)32-11-10-19(33)30-25(32)36/h4-12,14-15,20-22,24-25,34,36H,13H2,1-3H3,(H,30,33)(H,31,42). The zero-order valence-corrected chi connectivity index (χ0v) is 24.4. The summed E-state index contributed by atoms with van der Waals surface area (Å²) in [7, 11) is 0. The van der Waals surface area contributed by atoms with Crippen LogP contribution >= 0.6 is 6.64 Å². The van der Waals surface area contributed by atoms with Gasteiger partial charge in [0.05, 0.1) is 12.7 Å². The van der Waals surface area contributed by atoms with E-state index in [-0.39, 0.29) is 5.75 Å². The number of amides is 1. The van der Waals surface area contributed by atoms with E-state index in [9.17, 15) is 28.6 Å². The molecule has 2 aromatic rings. The zero-order valence-electron chi connectivity index (χ0n) is 22.7. The molecule has 1 saturated heterocycles. The van der Waals surface area contributed by atoms with Crippen molar-refractivity contribution < 1.29 is 51.5 Å². The van der Waals surface area contributed by atoms with Crippen LogP contribution in [-0.2, 0) is 35.4 Å². The second-order valence-electron chi connectivity index (χ2n) is 10.0. The van der Waals surface area contributed by atoms with Crippen LogP contribution in [0.2, 0.25) is 0 Å². The summed E-state index contributed by atoms with van der Waals surface area (Å²) in [5.74, 6) is -1.24. The fraction of sp³-hybridized carbons (Fsp3) is 0.462. The normalized spacial score (nSPS) is 28.1. The molecule has 1 amide bonds. The number of halogens is 3. The van der Waals surface area contributed by atoms with E-state index >= 15 is 4.39 Å². The maximum absolute atomic E-state index is 15.3. The van der Waals surface area contributed by atoms with Crippen LogP contribution in [0.15, 0.2) is 54.7 Å². The largest absolute Gasteiger partial charge is 0.462 e. The van der Waals surface area contributed by atoms with Crippen LogP contribution < -0.4 is 14.9 Å². The molecule has 0 radical (unpaired) electrons. The van der Waals surface area contributed by atoms with Crippen LogP contribution in [0.25, 0.3) is 10.8 Å². The Labute approximate surface area is 244 Å².